The van der Waals surface area contributed by atoms with Crippen molar-refractivity contribution in [3.8, 4) is 5.75 Å². The molecule has 130 valence electrons. The van der Waals surface area contributed by atoms with Crippen LogP contribution in [0.3, 0.4) is 0 Å². The second-order valence-corrected chi connectivity index (χ2v) is 5.02. The fraction of sp³-hybridized carbons (Fsp3) is 0.158. The summed E-state index contributed by atoms with van der Waals surface area (Å²) in [5.74, 6) is -0.0849. The second-order valence-electron chi connectivity index (χ2n) is 5.02. The minimum Gasteiger partial charge on any atom is -0.496 e. The molecule has 2 rings (SSSR count). The number of amides is 1. The third-order valence-corrected chi connectivity index (χ3v) is 3.48. The quantitative estimate of drug-likeness (QED) is 0.641. The largest absolute Gasteiger partial charge is 0.496 e. The lowest BCUT2D eigenvalue weighted by molar-refractivity contribution is -0.133. The molecule has 0 unspecified atom stereocenters. The van der Waals surface area contributed by atoms with E-state index in [0.29, 0.717) is 22.6 Å². The van der Waals surface area contributed by atoms with Gasteiger partial charge in [-0.05, 0) is 23.8 Å². The summed E-state index contributed by atoms with van der Waals surface area (Å²) in [6.07, 6.45) is -0.619. The van der Waals surface area contributed by atoms with E-state index in [1.807, 2.05) is 6.07 Å². The Kier molecular flexibility index (Phi) is 6.17. The number of methoxy groups -OCH3 is 2. The maximum atomic E-state index is 12.0. The number of anilines is 1. The van der Waals surface area contributed by atoms with Gasteiger partial charge in [0.15, 0.2) is 0 Å². The molecule has 0 saturated carbocycles. The fourth-order valence-electron chi connectivity index (χ4n) is 2.23. The molecule has 0 aliphatic carbocycles. The summed E-state index contributed by atoms with van der Waals surface area (Å²) in [5, 5.41) is 2.62. The Hall–Kier alpha value is -3.28. The van der Waals surface area contributed by atoms with Gasteiger partial charge in [-0.3, -0.25) is 5.32 Å². The van der Waals surface area contributed by atoms with Crippen molar-refractivity contribution < 1.29 is 23.8 Å². The Balaban J connectivity index is 2.16. The third-order valence-electron chi connectivity index (χ3n) is 3.48. The molecular formula is C19H19NO5. The van der Waals surface area contributed by atoms with E-state index in [2.05, 4.69) is 11.9 Å². The number of hydrogen-bond donors (Lipinski definition) is 1. The van der Waals surface area contributed by atoms with Crippen molar-refractivity contribution in [3.05, 3.63) is 66.2 Å². The number of esters is 1. The lowest BCUT2D eigenvalue weighted by Gasteiger charge is -2.15. The highest BCUT2D eigenvalue weighted by atomic mass is 16.5. The number of hydrogen-bond acceptors (Lipinski definition) is 5. The van der Waals surface area contributed by atoms with Crippen molar-refractivity contribution in [2.75, 3.05) is 19.5 Å². The van der Waals surface area contributed by atoms with Crippen molar-refractivity contribution in [3.63, 3.8) is 0 Å². The Morgan fingerprint density at radius 1 is 1.04 bits per heavy atom. The minimum absolute atomic E-state index is 0.0893. The molecule has 0 atom stereocenters. The number of para-hydroxylation sites is 1. The van der Waals surface area contributed by atoms with Crippen LogP contribution in [0.25, 0.3) is 5.57 Å². The first kappa shape index (κ1) is 18.1. The van der Waals surface area contributed by atoms with E-state index in [0.717, 1.165) is 0 Å². The van der Waals surface area contributed by atoms with Gasteiger partial charge in [0.1, 0.15) is 12.4 Å². The average Bonchev–Trinajstić information content (AvgIpc) is 2.65. The smallest absolute Gasteiger partial charge is 0.411 e. The summed E-state index contributed by atoms with van der Waals surface area (Å²) in [6.45, 7) is 3.65. The molecule has 0 spiro atoms. The second kappa shape index (κ2) is 8.54. The zero-order valence-electron chi connectivity index (χ0n) is 14.1. The first-order valence-electron chi connectivity index (χ1n) is 7.49. The van der Waals surface area contributed by atoms with Crippen LogP contribution in [0, 0.1) is 0 Å². The molecule has 1 N–H and O–H groups in total. The van der Waals surface area contributed by atoms with Gasteiger partial charge in [0.05, 0.1) is 19.8 Å². The monoisotopic (exact) mass is 341 g/mol. The summed E-state index contributed by atoms with van der Waals surface area (Å²) < 4.78 is 15.3. The molecule has 2 aromatic carbocycles. The number of benzene rings is 2. The molecule has 0 aromatic heterocycles. The van der Waals surface area contributed by atoms with Gasteiger partial charge in [-0.25, -0.2) is 9.59 Å². The summed E-state index contributed by atoms with van der Waals surface area (Å²) in [6, 6.07) is 14.1. The number of carbonyl (C=O) groups excluding carboxylic acids is 2. The molecule has 0 saturated heterocycles. The van der Waals surface area contributed by atoms with Crippen LogP contribution in [0.15, 0.2) is 55.1 Å². The summed E-state index contributed by atoms with van der Waals surface area (Å²) >= 11 is 0. The molecule has 0 heterocycles. The first-order valence-corrected chi connectivity index (χ1v) is 7.49. The fourth-order valence-corrected chi connectivity index (χ4v) is 2.23. The lowest BCUT2D eigenvalue weighted by Crippen LogP contribution is -2.15. The van der Waals surface area contributed by atoms with Gasteiger partial charge < -0.3 is 14.2 Å². The van der Waals surface area contributed by atoms with Crippen LogP contribution in [-0.2, 0) is 20.9 Å². The minimum atomic E-state index is -0.619. The SMILES string of the molecule is C=C(C(=O)OC)c1cccc(OC)c1COC(=O)Nc1ccccc1. The first-order chi connectivity index (χ1) is 12.1. The number of carbonyl (C=O) groups is 2. The average molecular weight is 341 g/mol. The van der Waals surface area contributed by atoms with E-state index in [1.54, 1.807) is 42.5 Å². The standard InChI is InChI=1S/C19H19NO5/c1-13(18(21)24-3)15-10-7-11-17(23-2)16(15)12-25-19(22)20-14-8-5-4-6-9-14/h4-11H,1,12H2,2-3H3,(H,20,22). The van der Waals surface area contributed by atoms with E-state index in [1.165, 1.54) is 14.2 Å². The predicted octanol–water partition coefficient (Wildman–Crippen LogP) is 3.63. The normalized spacial score (nSPS) is 9.84. The Bertz CT molecular complexity index is 771. The summed E-state index contributed by atoms with van der Waals surface area (Å²) in [7, 11) is 2.77. The van der Waals surface area contributed by atoms with Gasteiger partial charge in [-0.2, -0.15) is 0 Å². The lowest BCUT2D eigenvalue weighted by atomic mass is 10.0. The molecule has 0 bridgehead atoms. The Labute approximate surface area is 146 Å². The molecule has 0 aliphatic heterocycles. The topological polar surface area (TPSA) is 73.9 Å². The third kappa shape index (κ3) is 4.60. The molecule has 6 nitrogen and oxygen atoms in total. The van der Waals surface area contributed by atoms with Crippen LogP contribution in [-0.4, -0.2) is 26.3 Å². The molecular weight excluding hydrogens is 322 g/mol. The molecule has 2 aromatic rings. The Morgan fingerprint density at radius 3 is 2.40 bits per heavy atom. The maximum Gasteiger partial charge on any atom is 0.411 e. The number of rotatable bonds is 6. The van der Waals surface area contributed by atoms with Crippen LogP contribution < -0.4 is 10.1 Å². The zero-order chi connectivity index (χ0) is 18.2. The van der Waals surface area contributed by atoms with Crippen LogP contribution in [0.2, 0.25) is 0 Å². The molecule has 25 heavy (non-hydrogen) atoms. The summed E-state index contributed by atoms with van der Waals surface area (Å²) in [5.41, 5.74) is 1.80. The zero-order valence-corrected chi connectivity index (χ0v) is 14.1. The van der Waals surface area contributed by atoms with Gasteiger partial charge in [0.25, 0.3) is 0 Å². The van der Waals surface area contributed by atoms with E-state index in [9.17, 15) is 9.59 Å². The number of nitrogens with one attached hydrogen (secondary N) is 1. The van der Waals surface area contributed by atoms with E-state index in [4.69, 9.17) is 14.2 Å². The molecule has 0 radical (unpaired) electrons. The van der Waals surface area contributed by atoms with Crippen molar-refractivity contribution in [2.24, 2.45) is 0 Å². The van der Waals surface area contributed by atoms with Gasteiger partial charge in [-0.15, -0.1) is 0 Å². The van der Waals surface area contributed by atoms with Crippen molar-refractivity contribution in [2.45, 2.75) is 6.61 Å². The predicted molar refractivity (Wildman–Crippen MR) is 94.3 cm³/mol. The van der Waals surface area contributed by atoms with Crippen molar-refractivity contribution >= 4 is 23.3 Å². The molecule has 6 heteroatoms. The molecule has 0 fully saturated rings. The van der Waals surface area contributed by atoms with E-state index in [-0.39, 0.29) is 12.2 Å². The highest BCUT2D eigenvalue weighted by molar-refractivity contribution is 6.16. The molecule has 0 aliphatic rings. The Morgan fingerprint density at radius 2 is 1.76 bits per heavy atom. The van der Waals surface area contributed by atoms with Gasteiger partial charge in [0, 0.05) is 11.3 Å². The maximum absolute atomic E-state index is 12.0. The van der Waals surface area contributed by atoms with E-state index < -0.39 is 12.1 Å². The van der Waals surface area contributed by atoms with Gasteiger partial charge >= 0.3 is 12.1 Å². The number of ether oxygens (including phenoxy) is 3. The van der Waals surface area contributed by atoms with Crippen LogP contribution >= 0.6 is 0 Å². The van der Waals surface area contributed by atoms with Crippen molar-refractivity contribution in [1.29, 1.82) is 0 Å². The summed E-state index contributed by atoms with van der Waals surface area (Å²) in [4.78, 5) is 23.7. The van der Waals surface area contributed by atoms with Crippen LogP contribution in [0.4, 0.5) is 10.5 Å². The van der Waals surface area contributed by atoms with Crippen molar-refractivity contribution in [1.82, 2.24) is 0 Å². The van der Waals surface area contributed by atoms with Crippen LogP contribution in [0.1, 0.15) is 11.1 Å². The van der Waals surface area contributed by atoms with Gasteiger partial charge in [-0.1, -0.05) is 36.9 Å². The van der Waals surface area contributed by atoms with E-state index >= 15 is 0 Å². The van der Waals surface area contributed by atoms with Crippen LogP contribution in [0.5, 0.6) is 5.75 Å². The highest BCUT2D eigenvalue weighted by Crippen LogP contribution is 2.28. The highest BCUT2D eigenvalue weighted by Gasteiger charge is 2.18. The van der Waals surface area contributed by atoms with Gasteiger partial charge in [0.2, 0.25) is 0 Å². The molecule has 1 amide bonds.